The highest BCUT2D eigenvalue weighted by Crippen LogP contribution is 2.26. The molecule has 2 rings (SSSR count). The van der Waals surface area contributed by atoms with Gasteiger partial charge in [0.25, 0.3) is 5.91 Å². The zero-order valence-corrected chi connectivity index (χ0v) is 11.3. The van der Waals surface area contributed by atoms with E-state index in [-0.39, 0.29) is 11.9 Å². The first-order valence-corrected chi connectivity index (χ1v) is 6.57. The standard InChI is InChI=1S/C15H18N2O2/c1-11(2)17(8-3-7-16)15(18)13-4-5-14-12(10-13)6-9-19-14/h4-5,10-11H,3,6,8-9H2,1-2H3. The first kappa shape index (κ1) is 13.4. The summed E-state index contributed by atoms with van der Waals surface area (Å²) >= 11 is 0. The van der Waals surface area contributed by atoms with Crippen molar-refractivity contribution in [3.63, 3.8) is 0 Å². The number of nitrogens with zero attached hydrogens (tertiary/aromatic N) is 2. The highest BCUT2D eigenvalue weighted by atomic mass is 16.5. The summed E-state index contributed by atoms with van der Waals surface area (Å²) in [5, 5.41) is 8.67. The summed E-state index contributed by atoms with van der Waals surface area (Å²) in [4.78, 5) is 14.2. The van der Waals surface area contributed by atoms with Gasteiger partial charge in [-0.05, 0) is 37.6 Å². The van der Waals surface area contributed by atoms with Crippen LogP contribution in [0.4, 0.5) is 0 Å². The lowest BCUT2D eigenvalue weighted by atomic mass is 10.1. The fourth-order valence-electron chi connectivity index (χ4n) is 2.25. The monoisotopic (exact) mass is 258 g/mol. The van der Waals surface area contributed by atoms with Crippen molar-refractivity contribution in [3.8, 4) is 11.8 Å². The van der Waals surface area contributed by atoms with Gasteiger partial charge in [-0.2, -0.15) is 5.26 Å². The molecular formula is C15H18N2O2. The quantitative estimate of drug-likeness (QED) is 0.833. The molecule has 0 aliphatic carbocycles. The second-order valence-electron chi connectivity index (χ2n) is 4.92. The molecule has 1 aliphatic heterocycles. The summed E-state index contributed by atoms with van der Waals surface area (Å²) in [6.45, 7) is 5.09. The molecule has 19 heavy (non-hydrogen) atoms. The van der Waals surface area contributed by atoms with Gasteiger partial charge in [-0.1, -0.05) is 0 Å². The summed E-state index contributed by atoms with van der Waals surface area (Å²) < 4.78 is 5.44. The van der Waals surface area contributed by atoms with Crippen molar-refractivity contribution >= 4 is 5.91 Å². The van der Waals surface area contributed by atoms with Crippen LogP contribution in [0.5, 0.6) is 5.75 Å². The number of fused-ring (bicyclic) bond motifs is 1. The van der Waals surface area contributed by atoms with Crippen molar-refractivity contribution in [1.29, 1.82) is 5.26 Å². The Morgan fingerprint density at radius 2 is 2.32 bits per heavy atom. The van der Waals surface area contributed by atoms with Crippen LogP contribution in [0.1, 0.15) is 36.2 Å². The molecule has 0 radical (unpaired) electrons. The maximum absolute atomic E-state index is 12.5. The molecule has 0 fully saturated rings. The average molecular weight is 258 g/mol. The first-order valence-electron chi connectivity index (χ1n) is 6.57. The van der Waals surface area contributed by atoms with Crippen LogP contribution in [0.25, 0.3) is 0 Å². The molecule has 0 bridgehead atoms. The molecule has 1 heterocycles. The van der Waals surface area contributed by atoms with E-state index in [2.05, 4.69) is 6.07 Å². The summed E-state index contributed by atoms with van der Waals surface area (Å²) in [6.07, 6.45) is 1.22. The number of rotatable bonds is 4. The van der Waals surface area contributed by atoms with Crippen LogP contribution in [0, 0.1) is 11.3 Å². The molecule has 100 valence electrons. The zero-order chi connectivity index (χ0) is 13.8. The number of nitriles is 1. The molecule has 0 N–H and O–H groups in total. The average Bonchev–Trinajstić information content (AvgIpc) is 2.85. The second-order valence-corrected chi connectivity index (χ2v) is 4.92. The lowest BCUT2D eigenvalue weighted by Crippen LogP contribution is -2.37. The Hall–Kier alpha value is -2.02. The van der Waals surface area contributed by atoms with Crippen molar-refractivity contribution < 1.29 is 9.53 Å². The van der Waals surface area contributed by atoms with Crippen LogP contribution in [0.2, 0.25) is 0 Å². The van der Waals surface area contributed by atoms with E-state index in [9.17, 15) is 4.79 Å². The molecule has 0 saturated carbocycles. The second kappa shape index (κ2) is 5.75. The molecule has 0 unspecified atom stereocenters. The Morgan fingerprint density at radius 1 is 1.53 bits per heavy atom. The lowest BCUT2D eigenvalue weighted by Gasteiger charge is -2.26. The van der Waals surface area contributed by atoms with Crippen LogP contribution in [0.15, 0.2) is 18.2 Å². The Morgan fingerprint density at radius 3 is 3.00 bits per heavy atom. The fourth-order valence-corrected chi connectivity index (χ4v) is 2.25. The Bertz CT molecular complexity index is 517. The van der Waals surface area contributed by atoms with Gasteiger partial charge in [-0.3, -0.25) is 4.79 Å². The van der Waals surface area contributed by atoms with Crippen molar-refractivity contribution in [3.05, 3.63) is 29.3 Å². The third kappa shape index (κ3) is 2.87. The van der Waals surface area contributed by atoms with E-state index >= 15 is 0 Å². The highest BCUT2D eigenvalue weighted by Gasteiger charge is 2.21. The van der Waals surface area contributed by atoms with Crippen LogP contribution < -0.4 is 4.74 Å². The molecule has 1 aliphatic rings. The molecule has 1 aromatic rings. The van der Waals surface area contributed by atoms with Crippen LogP contribution in [-0.4, -0.2) is 30.0 Å². The predicted molar refractivity (Wildman–Crippen MR) is 72.0 cm³/mol. The van der Waals surface area contributed by atoms with E-state index in [4.69, 9.17) is 10.00 Å². The normalized spacial score (nSPS) is 12.7. The molecule has 0 aromatic heterocycles. The maximum atomic E-state index is 12.5. The summed E-state index contributed by atoms with van der Waals surface area (Å²) in [5.74, 6) is 0.865. The number of hydrogen-bond donors (Lipinski definition) is 0. The molecule has 0 spiro atoms. The van der Waals surface area contributed by atoms with Gasteiger partial charge >= 0.3 is 0 Å². The van der Waals surface area contributed by atoms with Gasteiger partial charge in [0.2, 0.25) is 0 Å². The van der Waals surface area contributed by atoms with E-state index in [0.29, 0.717) is 25.1 Å². The number of ether oxygens (including phenoxy) is 1. The van der Waals surface area contributed by atoms with Crippen molar-refractivity contribution in [2.24, 2.45) is 0 Å². The summed E-state index contributed by atoms with van der Waals surface area (Å²) in [6, 6.07) is 7.74. The third-order valence-electron chi connectivity index (χ3n) is 3.29. The minimum atomic E-state index is -0.0139. The van der Waals surface area contributed by atoms with Gasteiger partial charge in [0, 0.05) is 24.6 Å². The Balaban J connectivity index is 2.19. The van der Waals surface area contributed by atoms with E-state index in [0.717, 1.165) is 17.7 Å². The molecule has 0 saturated heterocycles. The van der Waals surface area contributed by atoms with Gasteiger partial charge in [-0.15, -0.1) is 0 Å². The SMILES string of the molecule is CC(C)N(CCC#N)C(=O)c1ccc2c(c1)CCO2. The van der Waals surface area contributed by atoms with Crippen LogP contribution >= 0.6 is 0 Å². The Kier molecular flexibility index (Phi) is 4.06. The molecule has 0 atom stereocenters. The summed E-state index contributed by atoms with van der Waals surface area (Å²) in [5.41, 5.74) is 1.77. The molecule has 1 aromatic carbocycles. The lowest BCUT2D eigenvalue weighted by molar-refractivity contribution is 0.0710. The minimum absolute atomic E-state index is 0.0139. The summed E-state index contributed by atoms with van der Waals surface area (Å²) in [7, 11) is 0. The van der Waals surface area contributed by atoms with Crippen LogP contribution in [-0.2, 0) is 6.42 Å². The van der Waals surface area contributed by atoms with Gasteiger partial charge in [0.1, 0.15) is 5.75 Å². The van der Waals surface area contributed by atoms with E-state index in [1.54, 1.807) is 11.0 Å². The largest absolute Gasteiger partial charge is 0.493 e. The van der Waals surface area contributed by atoms with E-state index in [1.165, 1.54) is 0 Å². The van der Waals surface area contributed by atoms with Crippen molar-refractivity contribution in [1.82, 2.24) is 4.90 Å². The zero-order valence-electron chi connectivity index (χ0n) is 11.3. The molecule has 4 nitrogen and oxygen atoms in total. The van der Waals surface area contributed by atoms with Gasteiger partial charge < -0.3 is 9.64 Å². The van der Waals surface area contributed by atoms with Crippen LogP contribution in [0.3, 0.4) is 0 Å². The molecule has 1 amide bonds. The number of amides is 1. The third-order valence-corrected chi connectivity index (χ3v) is 3.29. The minimum Gasteiger partial charge on any atom is -0.493 e. The Labute approximate surface area is 113 Å². The van der Waals surface area contributed by atoms with E-state index in [1.807, 2.05) is 26.0 Å². The number of benzene rings is 1. The first-order chi connectivity index (χ1) is 9.13. The molecular weight excluding hydrogens is 240 g/mol. The fraction of sp³-hybridized carbons (Fsp3) is 0.467. The molecule has 4 heteroatoms. The number of carbonyl (C=O) groups is 1. The van der Waals surface area contributed by atoms with Gasteiger partial charge in [0.05, 0.1) is 19.1 Å². The van der Waals surface area contributed by atoms with Gasteiger partial charge in [0.15, 0.2) is 0 Å². The number of hydrogen-bond acceptors (Lipinski definition) is 3. The maximum Gasteiger partial charge on any atom is 0.254 e. The number of carbonyl (C=O) groups excluding carboxylic acids is 1. The smallest absolute Gasteiger partial charge is 0.254 e. The van der Waals surface area contributed by atoms with Gasteiger partial charge in [-0.25, -0.2) is 0 Å². The highest BCUT2D eigenvalue weighted by molar-refractivity contribution is 5.94. The van der Waals surface area contributed by atoms with Crippen molar-refractivity contribution in [2.45, 2.75) is 32.7 Å². The topological polar surface area (TPSA) is 53.3 Å². The van der Waals surface area contributed by atoms with E-state index < -0.39 is 0 Å². The predicted octanol–water partition coefficient (Wildman–Crippen LogP) is 2.39. The van der Waals surface area contributed by atoms with Crippen molar-refractivity contribution in [2.75, 3.05) is 13.2 Å².